The number of nitrogens with zero attached hydrogens (tertiary/aromatic N) is 1. The Kier molecular flexibility index (Phi) is 2.55. The zero-order valence-electron chi connectivity index (χ0n) is 8.07. The zero-order valence-corrected chi connectivity index (χ0v) is 8.96. The van der Waals surface area contributed by atoms with Crippen LogP contribution in [0.4, 0.5) is 0 Å². The number of guanidine groups is 1. The van der Waals surface area contributed by atoms with Crippen molar-refractivity contribution in [3.8, 4) is 0 Å². The van der Waals surface area contributed by atoms with Crippen LogP contribution in [0.3, 0.4) is 0 Å². The zero-order chi connectivity index (χ0) is 10.8. The van der Waals surface area contributed by atoms with E-state index >= 15 is 0 Å². The molecule has 0 fully saturated rings. The van der Waals surface area contributed by atoms with Crippen molar-refractivity contribution in [1.82, 2.24) is 4.98 Å². The quantitative estimate of drug-likeness (QED) is 0.349. The number of aliphatic imine (C=N–C) groups is 1. The van der Waals surface area contributed by atoms with Crippen molar-refractivity contribution in [2.75, 3.05) is 0 Å². The van der Waals surface area contributed by atoms with Crippen LogP contribution < -0.4 is 11.5 Å². The summed E-state index contributed by atoms with van der Waals surface area (Å²) in [6.45, 7) is 0.471. The highest BCUT2D eigenvalue weighted by atomic mass is 32.1. The average Bonchev–Trinajstić information content (AvgIpc) is 2.56. The van der Waals surface area contributed by atoms with E-state index < -0.39 is 0 Å². The number of thiol groups is 1. The van der Waals surface area contributed by atoms with Gasteiger partial charge in [0.2, 0.25) is 0 Å². The molecule has 0 spiro atoms. The molecule has 2 rings (SSSR count). The number of nitrogens with two attached hydrogens (primary N) is 2. The molecule has 1 aromatic heterocycles. The highest BCUT2D eigenvalue weighted by Crippen LogP contribution is 2.19. The summed E-state index contributed by atoms with van der Waals surface area (Å²) in [6, 6.07) is 7.93. The van der Waals surface area contributed by atoms with E-state index in [1.807, 2.05) is 24.3 Å². The summed E-state index contributed by atoms with van der Waals surface area (Å²) < 4.78 is 0. The van der Waals surface area contributed by atoms with Crippen molar-refractivity contribution in [2.45, 2.75) is 11.4 Å². The Hall–Kier alpha value is -1.62. The lowest BCUT2D eigenvalue weighted by atomic mass is 10.2. The molecule has 0 atom stereocenters. The highest BCUT2D eigenvalue weighted by Gasteiger charge is 2.00. The fourth-order valence-electron chi connectivity index (χ4n) is 1.44. The van der Waals surface area contributed by atoms with Crippen LogP contribution in [0.1, 0.15) is 5.69 Å². The number of fused-ring (bicyclic) bond motifs is 1. The summed E-state index contributed by atoms with van der Waals surface area (Å²) in [5.74, 6) is 0.101. The fraction of sp³-hybridized carbons (Fsp3) is 0.100. The third-order valence-electron chi connectivity index (χ3n) is 2.09. The predicted octanol–water partition coefficient (Wildman–Crippen LogP) is 1.23. The van der Waals surface area contributed by atoms with Crippen molar-refractivity contribution >= 4 is 29.5 Å². The molecular formula is C10H12N4S. The predicted molar refractivity (Wildman–Crippen MR) is 65.1 cm³/mol. The number of H-pyrrole nitrogens is 1. The Labute approximate surface area is 92.8 Å². The molecule has 1 heterocycles. The number of aromatic amines is 1. The Morgan fingerprint density at radius 2 is 2.13 bits per heavy atom. The molecule has 0 aliphatic heterocycles. The summed E-state index contributed by atoms with van der Waals surface area (Å²) in [6.07, 6.45) is 0. The summed E-state index contributed by atoms with van der Waals surface area (Å²) in [7, 11) is 0. The minimum atomic E-state index is 0.101. The normalized spacial score (nSPS) is 10.5. The van der Waals surface area contributed by atoms with Gasteiger partial charge in [0.25, 0.3) is 0 Å². The molecule has 0 unspecified atom stereocenters. The Bertz CT molecular complexity index is 511. The number of rotatable bonds is 2. The van der Waals surface area contributed by atoms with Gasteiger partial charge in [-0.2, -0.15) is 0 Å². The van der Waals surface area contributed by atoms with Gasteiger partial charge in [0.1, 0.15) is 0 Å². The minimum Gasteiger partial charge on any atom is -0.370 e. The van der Waals surface area contributed by atoms with Gasteiger partial charge in [-0.1, -0.05) is 0 Å². The maximum absolute atomic E-state index is 5.26. The van der Waals surface area contributed by atoms with Gasteiger partial charge < -0.3 is 16.5 Å². The smallest absolute Gasteiger partial charge is 0.186 e. The number of hydrogen-bond donors (Lipinski definition) is 4. The van der Waals surface area contributed by atoms with Crippen molar-refractivity contribution in [3.63, 3.8) is 0 Å². The van der Waals surface area contributed by atoms with Crippen LogP contribution >= 0.6 is 12.6 Å². The molecule has 0 bridgehead atoms. The fourth-order valence-corrected chi connectivity index (χ4v) is 1.66. The van der Waals surface area contributed by atoms with Crippen molar-refractivity contribution < 1.29 is 0 Å². The van der Waals surface area contributed by atoms with E-state index in [4.69, 9.17) is 11.5 Å². The van der Waals surface area contributed by atoms with Crippen LogP contribution in [0.15, 0.2) is 34.2 Å². The SMILES string of the molecule is NC(N)=NCc1cc2cc(S)ccc2[nH]1. The monoisotopic (exact) mass is 220 g/mol. The second-order valence-electron chi connectivity index (χ2n) is 3.31. The third-order valence-corrected chi connectivity index (χ3v) is 2.37. The van der Waals surface area contributed by atoms with Crippen molar-refractivity contribution in [1.29, 1.82) is 0 Å². The van der Waals surface area contributed by atoms with E-state index in [-0.39, 0.29) is 5.96 Å². The van der Waals surface area contributed by atoms with Gasteiger partial charge in [-0.15, -0.1) is 12.6 Å². The summed E-state index contributed by atoms with van der Waals surface area (Å²) in [5.41, 5.74) is 12.6. The number of hydrogen-bond acceptors (Lipinski definition) is 2. The van der Waals surface area contributed by atoms with Crippen LogP contribution in [-0.4, -0.2) is 10.9 Å². The first kappa shape index (κ1) is 9.92. The van der Waals surface area contributed by atoms with E-state index in [0.29, 0.717) is 6.54 Å². The molecule has 15 heavy (non-hydrogen) atoms. The van der Waals surface area contributed by atoms with E-state index in [2.05, 4.69) is 22.6 Å². The van der Waals surface area contributed by atoms with E-state index in [9.17, 15) is 0 Å². The van der Waals surface area contributed by atoms with Crippen LogP contribution in [0, 0.1) is 0 Å². The van der Waals surface area contributed by atoms with Crippen LogP contribution in [0.25, 0.3) is 10.9 Å². The standard InChI is InChI=1S/C10H12N4S/c11-10(12)13-5-7-3-6-4-8(15)1-2-9(6)14-7/h1-4,14-15H,5H2,(H4,11,12,13). The minimum absolute atomic E-state index is 0.101. The second kappa shape index (κ2) is 3.86. The number of aromatic nitrogens is 1. The molecule has 4 nitrogen and oxygen atoms in total. The largest absolute Gasteiger partial charge is 0.370 e. The van der Waals surface area contributed by atoms with Gasteiger partial charge in [-0.3, -0.25) is 0 Å². The Morgan fingerprint density at radius 1 is 1.33 bits per heavy atom. The molecule has 0 aliphatic rings. The van der Waals surface area contributed by atoms with Gasteiger partial charge in [-0.05, 0) is 24.3 Å². The van der Waals surface area contributed by atoms with Gasteiger partial charge in [0.15, 0.2) is 5.96 Å². The topological polar surface area (TPSA) is 80.2 Å². The molecule has 0 amide bonds. The van der Waals surface area contributed by atoms with Crippen LogP contribution in [0.2, 0.25) is 0 Å². The summed E-state index contributed by atoms with van der Waals surface area (Å²) >= 11 is 4.27. The molecule has 1 aromatic carbocycles. The molecule has 0 saturated heterocycles. The lowest BCUT2D eigenvalue weighted by molar-refractivity contribution is 1.01. The number of nitrogens with one attached hydrogen (secondary N) is 1. The molecule has 78 valence electrons. The second-order valence-corrected chi connectivity index (χ2v) is 3.82. The maximum atomic E-state index is 5.26. The molecular weight excluding hydrogens is 208 g/mol. The third kappa shape index (κ3) is 2.24. The molecule has 5 heteroatoms. The van der Waals surface area contributed by atoms with Gasteiger partial charge in [0.05, 0.1) is 6.54 Å². The van der Waals surface area contributed by atoms with Crippen LogP contribution in [0.5, 0.6) is 0 Å². The molecule has 5 N–H and O–H groups in total. The molecule has 0 aliphatic carbocycles. The van der Waals surface area contributed by atoms with Gasteiger partial charge in [-0.25, -0.2) is 4.99 Å². The summed E-state index contributed by atoms with van der Waals surface area (Å²) in [4.78, 5) is 8.10. The van der Waals surface area contributed by atoms with E-state index in [1.54, 1.807) is 0 Å². The Morgan fingerprint density at radius 3 is 2.87 bits per heavy atom. The Balaban J connectivity index is 2.35. The first-order valence-corrected chi connectivity index (χ1v) is 4.96. The molecule has 0 radical (unpaired) electrons. The van der Waals surface area contributed by atoms with Crippen LogP contribution in [-0.2, 0) is 6.54 Å². The lowest BCUT2D eigenvalue weighted by Crippen LogP contribution is -2.22. The maximum Gasteiger partial charge on any atom is 0.186 e. The average molecular weight is 220 g/mol. The molecule has 2 aromatic rings. The number of benzene rings is 1. The first-order chi connectivity index (χ1) is 7.15. The molecule has 0 saturated carbocycles. The first-order valence-electron chi connectivity index (χ1n) is 4.51. The van der Waals surface area contributed by atoms with Gasteiger partial charge >= 0.3 is 0 Å². The van der Waals surface area contributed by atoms with E-state index in [0.717, 1.165) is 21.5 Å². The van der Waals surface area contributed by atoms with Crippen molar-refractivity contribution in [3.05, 3.63) is 30.0 Å². The van der Waals surface area contributed by atoms with Gasteiger partial charge in [0, 0.05) is 21.5 Å². The van der Waals surface area contributed by atoms with Crippen molar-refractivity contribution in [2.24, 2.45) is 16.5 Å². The van der Waals surface area contributed by atoms with E-state index in [1.165, 1.54) is 0 Å². The summed E-state index contributed by atoms with van der Waals surface area (Å²) in [5, 5.41) is 1.11. The highest BCUT2D eigenvalue weighted by molar-refractivity contribution is 7.80. The lowest BCUT2D eigenvalue weighted by Gasteiger charge is -1.91.